The van der Waals surface area contributed by atoms with Crippen molar-refractivity contribution in [2.45, 2.75) is 153 Å². The van der Waals surface area contributed by atoms with Crippen LogP contribution in [-0.2, 0) is 82.3 Å². The maximum Gasteiger partial charge on any atom is 0.446 e. The highest BCUT2D eigenvalue weighted by Crippen LogP contribution is 2.22. The van der Waals surface area contributed by atoms with E-state index in [1.807, 2.05) is 0 Å². The molecule has 0 bridgehead atoms. The number of H-pyrrole nitrogens is 1. The van der Waals surface area contributed by atoms with Crippen molar-refractivity contribution >= 4 is 86.6 Å². The molecule has 14 N–H and O–H groups in total. The number of carboxylic acid groups (broad SMARTS) is 2. The van der Waals surface area contributed by atoms with Crippen LogP contribution in [0.5, 0.6) is 5.75 Å². The van der Waals surface area contributed by atoms with Crippen LogP contribution in [0.2, 0.25) is 0 Å². The number of fused-ring (bicyclic) bond motifs is 1. The van der Waals surface area contributed by atoms with Crippen LogP contribution in [0.15, 0.2) is 85.1 Å². The molecule has 0 spiro atoms. The number of hydrogen-bond donors (Lipinski definition) is 12. The molecule has 4 rings (SSSR count). The number of carboxylic acids is 2. The lowest BCUT2D eigenvalue weighted by Gasteiger charge is -2.33. The summed E-state index contributed by atoms with van der Waals surface area (Å²) < 4.78 is 41.8. The number of rotatable bonds is 33. The second-order valence-corrected chi connectivity index (χ2v) is 21.9. The lowest BCUT2D eigenvalue weighted by Crippen LogP contribution is -2.60. The molecule has 1 aromatic heterocycles. The van der Waals surface area contributed by atoms with Crippen molar-refractivity contribution < 1.29 is 84.8 Å². The van der Waals surface area contributed by atoms with Crippen LogP contribution in [0.4, 0.5) is 4.79 Å². The quantitative estimate of drug-likeness (QED) is 0.0298. The number of nitrogens with zero attached hydrogens (tertiary/aromatic N) is 1. The summed E-state index contributed by atoms with van der Waals surface area (Å²) in [6.07, 6.45) is -1.11. The number of para-hydroxylation sites is 1. The van der Waals surface area contributed by atoms with Crippen molar-refractivity contribution in [1.29, 1.82) is 0 Å². The molecule has 3 aromatic carbocycles. The molecular formula is C56H74N10O18S. The number of primary amides is 1. The first-order valence-electron chi connectivity index (χ1n) is 27.2. The van der Waals surface area contributed by atoms with E-state index < -0.39 is 149 Å². The van der Waals surface area contributed by atoms with E-state index in [9.17, 15) is 71.4 Å². The van der Waals surface area contributed by atoms with Gasteiger partial charge in [-0.2, -0.15) is 8.42 Å². The predicted octanol–water partition coefficient (Wildman–Crippen LogP) is 1.19. The Morgan fingerprint density at radius 3 is 1.74 bits per heavy atom. The molecule has 0 aliphatic rings. The molecule has 7 atom stereocenters. The summed E-state index contributed by atoms with van der Waals surface area (Å²) in [5.74, 6) is -11.7. The number of carbonyl (C=O) groups excluding carboxylic acids is 9. The van der Waals surface area contributed by atoms with Gasteiger partial charge in [-0.3, -0.25) is 52.5 Å². The van der Waals surface area contributed by atoms with Crippen molar-refractivity contribution in [3.05, 3.63) is 102 Å². The molecule has 0 radical (unpaired) electrons. The number of benzene rings is 3. The van der Waals surface area contributed by atoms with Crippen molar-refractivity contribution in [3.8, 4) is 5.75 Å². The van der Waals surface area contributed by atoms with Crippen molar-refractivity contribution in [3.63, 3.8) is 0 Å². The number of ether oxygens (including phenoxy) is 1. The van der Waals surface area contributed by atoms with E-state index in [2.05, 4.69) is 41.1 Å². The van der Waals surface area contributed by atoms with Gasteiger partial charge < -0.3 is 67.5 Å². The van der Waals surface area contributed by atoms with Crippen LogP contribution in [0.1, 0.15) is 103 Å². The summed E-state index contributed by atoms with van der Waals surface area (Å²) in [6, 6.07) is 8.80. The molecular weight excluding hydrogens is 1130 g/mol. The average Bonchev–Trinajstić information content (AvgIpc) is 3.88. The number of nitrogens with two attached hydrogens (primary N) is 2. The fourth-order valence-corrected chi connectivity index (χ4v) is 8.98. The zero-order chi connectivity index (χ0) is 63.2. The minimum absolute atomic E-state index is 0.0277. The van der Waals surface area contributed by atoms with E-state index >= 15 is 0 Å². The van der Waals surface area contributed by atoms with Crippen LogP contribution in [0.3, 0.4) is 0 Å². The Kier molecular flexibility index (Phi) is 26.0. The summed E-state index contributed by atoms with van der Waals surface area (Å²) in [5, 5.41) is 34.9. The number of imide groups is 1. The molecule has 1 heterocycles. The van der Waals surface area contributed by atoms with Crippen molar-refractivity contribution in [2.24, 2.45) is 11.5 Å². The summed E-state index contributed by atoms with van der Waals surface area (Å²) in [6.45, 7) is 7.07. The molecule has 0 aliphatic heterocycles. The minimum atomic E-state index is -4.97. The Balaban J connectivity index is 1.63. The molecule has 0 aliphatic carbocycles. The van der Waals surface area contributed by atoms with Gasteiger partial charge in [0.1, 0.15) is 47.6 Å². The summed E-state index contributed by atoms with van der Waals surface area (Å²) in [7, 11) is -4.97. The van der Waals surface area contributed by atoms with E-state index in [1.165, 1.54) is 32.9 Å². The molecule has 462 valence electrons. The zero-order valence-electron chi connectivity index (χ0n) is 47.6. The highest BCUT2D eigenvalue weighted by atomic mass is 32.3. The summed E-state index contributed by atoms with van der Waals surface area (Å²) in [4.78, 5) is 152. The van der Waals surface area contributed by atoms with E-state index in [0.717, 1.165) is 12.1 Å². The van der Waals surface area contributed by atoms with Gasteiger partial charge in [0, 0.05) is 36.4 Å². The Morgan fingerprint density at radius 1 is 0.635 bits per heavy atom. The van der Waals surface area contributed by atoms with Gasteiger partial charge in [-0.25, -0.2) is 9.69 Å². The van der Waals surface area contributed by atoms with E-state index in [1.54, 1.807) is 74.6 Å². The van der Waals surface area contributed by atoms with Crippen LogP contribution in [0.25, 0.3) is 10.9 Å². The van der Waals surface area contributed by atoms with Gasteiger partial charge in [-0.05, 0) is 68.5 Å². The lowest BCUT2D eigenvalue weighted by molar-refractivity contribution is -0.145. The third kappa shape index (κ3) is 23.0. The first-order chi connectivity index (χ1) is 40.0. The molecule has 0 fully saturated rings. The van der Waals surface area contributed by atoms with Gasteiger partial charge >= 0.3 is 28.4 Å². The van der Waals surface area contributed by atoms with Crippen LogP contribution in [0, 0.1) is 0 Å². The van der Waals surface area contributed by atoms with Gasteiger partial charge in [0.15, 0.2) is 0 Å². The number of hydrogen-bond acceptors (Lipinski definition) is 16. The number of amides is 9. The molecule has 29 heteroatoms. The van der Waals surface area contributed by atoms with Gasteiger partial charge in [0.05, 0.1) is 25.4 Å². The zero-order valence-corrected chi connectivity index (χ0v) is 48.4. The van der Waals surface area contributed by atoms with Crippen LogP contribution < -0.4 is 47.6 Å². The smallest absolute Gasteiger partial charge is 0.446 e. The average molecular weight is 1210 g/mol. The molecule has 0 unspecified atom stereocenters. The van der Waals surface area contributed by atoms with Gasteiger partial charge in [-0.15, -0.1) is 0 Å². The van der Waals surface area contributed by atoms with Crippen molar-refractivity contribution in [1.82, 2.24) is 41.8 Å². The molecule has 28 nitrogen and oxygen atoms in total. The first-order valence-corrected chi connectivity index (χ1v) is 28.5. The van der Waals surface area contributed by atoms with E-state index in [4.69, 9.17) is 20.8 Å². The highest BCUT2D eigenvalue weighted by molar-refractivity contribution is 7.81. The number of aliphatic carboxylic acids is 2. The number of nitrogens with one attached hydrogen (secondary N) is 7. The Morgan fingerprint density at radius 2 is 1.16 bits per heavy atom. The largest absolute Gasteiger partial charge is 0.481 e. The van der Waals surface area contributed by atoms with Gasteiger partial charge in [0.2, 0.25) is 47.3 Å². The predicted molar refractivity (Wildman–Crippen MR) is 305 cm³/mol. The number of unbranched alkanes of at least 4 members (excludes halogenated alkanes) is 2. The number of aromatic nitrogens is 1. The normalized spacial score (nSPS) is 13.9. The highest BCUT2D eigenvalue weighted by Gasteiger charge is 2.42. The topological polar surface area (TPSA) is 444 Å². The van der Waals surface area contributed by atoms with E-state index in [-0.39, 0.29) is 43.4 Å². The monoisotopic (exact) mass is 1210 g/mol. The Bertz CT molecular complexity index is 3130. The second kappa shape index (κ2) is 32.2. The van der Waals surface area contributed by atoms with Gasteiger partial charge in [0.25, 0.3) is 0 Å². The molecule has 85 heavy (non-hydrogen) atoms. The van der Waals surface area contributed by atoms with E-state index in [0.29, 0.717) is 46.2 Å². The summed E-state index contributed by atoms with van der Waals surface area (Å²) >= 11 is 0. The third-order valence-electron chi connectivity index (χ3n) is 12.8. The second-order valence-electron chi connectivity index (χ2n) is 20.9. The molecule has 4 aromatic rings. The van der Waals surface area contributed by atoms with Gasteiger partial charge in [-0.1, -0.05) is 100 Å². The SMILES string of the molecule is CCCC[C@H](NC(=O)[C@H](Cc1c[nH]c2ccccc12)NC(=O)CNC(=O)[C@H](CCCC)NC(=O)[C@H](Cc1ccc(OS(=O)(=O)O)cc1)N(C(=O)OC(C)(C)C)C(=O)[C@@H](N)CC(=O)O)C(=O)N[C@@H](CC(=O)O)C(=O)N[C@@H](Cc1ccccc1)C(N)=O. The number of carbonyl (C=O) groups is 11. The molecule has 9 amide bonds. The minimum Gasteiger partial charge on any atom is -0.481 e. The fraction of sp³-hybridized carbons (Fsp3) is 0.446. The van der Waals surface area contributed by atoms with Crippen molar-refractivity contribution in [2.75, 3.05) is 6.54 Å². The maximum absolute atomic E-state index is 14.6. The van der Waals surface area contributed by atoms with Crippen LogP contribution in [-0.4, -0.2) is 153 Å². The Hall–Kier alpha value is -8.96. The lowest BCUT2D eigenvalue weighted by atomic mass is 10.0. The van der Waals surface area contributed by atoms with Crippen LogP contribution >= 0.6 is 0 Å². The maximum atomic E-state index is 14.6. The fourth-order valence-electron chi connectivity index (χ4n) is 8.62. The standard InChI is InChI=1S/C56H74N10O18S/c1-6-8-18-39(63-53(77)44(26-33-21-23-35(24-22-33)84-85(80,81)82)66(55(79)83-56(3,4)5)54(78)37(57)28-46(68)69)49(73)60-31-45(67)61-42(27-34-30-59-38-20-14-13-17-36(34)38)51(75)62-40(19-9-7-2)50(74)65-43(29-47(70)71)52(76)64-41(48(58)72)25-32-15-11-10-12-16-32/h10-17,20-24,30,37,39-44,59H,6-9,18-19,25-29,31,57H2,1-5H3,(H2,58,72)(H,60,73)(H,61,67)(H,62,75)(H,63,77)(H,64,76)(H,65,74)(H,68,69)(H,70,71)(H,80,81,82)/t37-,39-,40-,41-,42-,43-,44-/m0/s1. The number of aromatic amines is 1. The molecule has 0 saturated heterocycles. The molecule has 0 saturated carbocycles. The third-order valence-corrected chi connectivity index (χ3v) is 13.2. The first kappa shape index (κ1) is 68.5. The Labute approximate surface area is 490 Å². The summed E-state index contributed by atoms with van der Waals surface area (Å²) in [5.41, 5.74) is 12.2.